The molecule has 0 bridgehead atoms. The minimum absolute atomic E-state index is 0.772. The lowest BCUT2D eigenvalue weighted by Gasteiger charge is -2.12. The molecule has 0 atom stereocenters. The fourth-order valence-corrected chi connectivity index (χ4v) is 8.64. The molecule has 10 aromatic rings. The van der Waals surface area contributed by atoms with Crippen molar-refractivity contribution >= 4 is 60.9 Å². The molecular weight excluding hydrogens is 762 g/mol. The van der Waals surface area contributed by atoms with Gasteiger partial charge in [-0.15, -0.1) is 0 Å². The summed E-state index contributed by atoms with van der Waals surface area (Å²) in [6.45, 7) is 8.90. The number of nitrogen functional groups attached to an aromatic ring is 1. The van der Waals surface area contributed by atoms with E-state index in [1.165, 1.54) is 88.4 Å². The maximum Gasteiger partial charge on any atom is 0.0555 e. The van der Waals surface area contributed by atoms with Crippen molar-refractivity contribution in [2.45, 2.75) is 59.8 Å². The molecule has 0 unspecified atom stereocenters. The standard InChI is InChI=1S/C29H27N.C22H20ClN.C6H7N/c1-3-21-16-22(4-2)19-25(18-21)30-28-13-9-8-12-26(28)27-15-14-24(20-29(27)30)17-23-10-6-5-7-11-23;1-3-15-11-16(4-2)13-18(12-15)24-21-8-6-5-7-19(21)20-10-9-17(23)14-22(20)24;7-6-4-2-1-3-5-6/h5-16,18-20H,3-4,17H2,1-2H3;5-14H,3-4H2,1-2H3;1-5H,7H2. The monoisotopic (exact) mass is 815 g/mol. The average Bonchev–Trinajstić information content (AvgIpc) is 3.81. The summed E-state index contributed by atoms with van der Waals surface area (Å²) in [6, 6.07) is 64.7. The Kier molecular flexibility index (Phi) is 12.7. The van der Waals surface area contributed by atoms with Crippen molar-refractivity contribution in [2.24, 2.45) is 0 Å². The van der Waals surface area contributed by atoms with Crippen molar-refractivity contribution in [2.75, 3.05) is 5.73 Å². The van der Waals surface area contributed by atoms with Gasteiger partial charge in [0, 0.05) is 43.6 Å². The minimum atomic E-state index is 0.772. The number of nitrogens with two attached hydrogens (primary N) is 1. The van der Waals surface area contributed by atoms with E-state index in [1.54, 1.807) is 0 Å². The molecule has 0 saturated heterocycles. The molecule has 4 heteroatoms. The van der Waals surface area contributed by atoms with E-state index in [4.69, 9.17) is 17.3 Å². The Bertz CT molecular complexity index is 3020. The number of hydrogen-bond acceptors (Lipinski definition) is 1. The largest absolute Gasteiger partial charge is 0.399 e. The van der Waals surface area contributed by atoms with Crippen molar-refractivity contribution in [1.82, 2.24) is 9.13 Å². The Morgan fingerprint density at radius 1 is 0.361 bits per heavy atom. The normalized spacial score (nSPS) is 11.1. The summed E-state index contributed by atoms with van der Waals surface area (Å²) in [4.78, 5) is 0. The Balaban J connectivity index is 0.000000148. The van der Waals surface area contributed by atoms with Crippen LogP contribution in [-0.4, -0.2) is 9.13 Å². The first-order chi connectivity index (χ1) is 29.9. The second-order valence-corrected chi connectivity index (χ2v) is 16.2. The third kappa shape index (κ3) is 8.99. The Hall–Kier alpha value is -6.55. The second kappa shape index (κ2) is 18.8. The van der Waals surface area contributed by atoms with Crippen LogP contribution in [0.15, 0.2) is 182 Å². The highest BCUT2D eigenvalue weighted by Gasteiger charge is 2.15. The van der Waals surface area contributed by atoms with Crippen LogP contribution in [0.3, 0.4) is 0 Å². The van der Waals surface area contributed by atoms with Crippen LogP contribution in [0.5, 0.6) is 0 Å². The van der Waals surface area contributed by atoms with E-state index >= 15 is 0 Å². The number of para-hydroxylation sites is 3. The van der Waals surface area contributed by atoms with Crippen molar-refractivity contribution in [3.05, 3.63) is 220 Å². The zero-order chi connectivity index (χ0) is 42.3. The molecule has 0 aliphatic rings. The van der Waals surface area contributed by atoms with Crippen LogP contribution in [0.4, 0.5) is 5.69 Å². The third-order valence-corrected chi connectivity index (χ3v) is 11.9. The zero-order valence-electron chi connectivity index (χ0n) is 35.7. The molecule has 0 aliphatic carbocycles. The van der Waals surface area contributed by atoms with Gasteiger partial charge in [0.25, 0.3) is 0 Å². The molecule has 2 heterocycles. The first kappa shape index (κ1) is 41.2. The number of halogens is 1. The van der Waals surface area contributed by atoms with Gasteiger partial charge in [-0.1, -0.05) is 155 Å². The molecule has 0 aliphatic heterocycles. The maximum absolute atomic E-state index is 6.31. The van der Waals surface area contributed by atoms with Gasteiger partial charge < -0.3 is 14.9 Å². The molecule has 2 aromatic heterocycles. The van der Waals surface area contributed by atoms with E-state index in [9.17, 15) is 0 Å². The Morgan fingerprint density at radius 2 is 0.770 bits per heavy atom. The fourth-order valence-electron chi connectivity index (χ4n) is 8.47. The number of aromatic nitrogens is 2. The van der Waals surface area contributed by atoms with Gasteiger partial charge in [-0.2, -0.15) is 0 Å². The second-order valence-electron chi connectivity index (χ2n) is 15.7. The smallest absolute Gasteiger partial charge is 0.0555 e. The number of rotatable bonds is 8. The van der Waals surface area contributed by atoms with Crippen LogP contribution in [0.25, 0.3) is 55.0 Å². The van der Waals surface area contributed by atoms with Gasteiger partial charge in [0.15, 0.2) is 0 Å². The topological polar surface area (TPSA) is 35.9 Å². The molecule has 304 valence electrons. The van der Waals surface area contributed by atoms with Gasteiger partial charge in [-0.05, 0) is 132 Å². The maximum atomic E-state index is 6.31. The molecular formula is C57H54ClN3. The van der Waals surface area contributed by atoms with E-state index in [2.05, 4.69) is 182 Å². The van der Waals surface area contributed by atoms with Crippen LogP contribution in [0.2, 0.25) is 5.02 Å². The summed E-state index contributed by atoms with van der Waals surface area (Å²) in [5, 5.41) is 5.93. The molecule has 0 fully saturated rings. The highest BCUT2D eigenvalue weighted by molar-refractivity contribution is 6.31. The van der Waals surface area contributed by atoms with Crippen LogP contribution in [0.1, 0.15) is 61.1 Å². The van der Waals surface area contributed by atoms with Crippen molar-refractivity contribution in [1.29, 1.82) is 0 Å². The predicted molar refractivity (Wildman–Crippen MR) is 264 cm³/mol. The first-order valence-corrected chi connectivity index (χ1v) is 22.1. The van der Waals surface area contributed by atoms with E-state index in [0.717, 1.165) is 42.8 Å². The fraction of sp³-hybridized carbons (Fsp3) is 0.158. The lowest BCUT2D eigenvalue weighted by molar-refractivity contribution is 1.06. The first-order valence-electron chi connectivity index (χ1n) is 21.7. The van der Waals surface area contributed by atoms with Crippen molar-refractivity contribution < 1.29 is 0 Å². The van der Waals surface area contributed by atoms with Gasteiger partial charge in [0.05, 0.1) is 22.1 Å². The van der Waals surface area contributed by atoms with Gasteiger partial charge in [0.1, 0.15) is 0 Å². The lowest BCUT2D eigenvalue weighted by Crippen LogP contribution is -1.98. The molecule has 3 nitrogen and oxygen atoms in total. The minimum Gasteiger partial charge on any atom is -0.399 e. The molecule has 2 N–H and O–H groups in total. The number of hydrogen-bond donors (Lipinski definition) is 1. The molecule has 0 radical (unpaired) electrons. The summed E-state index contributed by atoms with van der Waals surface area (Å²) in [7, 11) is 0. The number of anilines is 1. The van der Waals surface area contributed by atoms with Gasteiger partial charge in [-0.25, -0.2) is 0 Å². The summed E-state index contributed by atoms with van der Waals surface area (Å²) in [5.41, 5.74) is 21.9. The van der Waals surface area contributed by atoms with Gasteiger partial charge in [0.2, 0.25) is 0 Å². The number of benzene rings is 8. The van der Waals surface area contributed by atoms with E-state index in [0.29, 0.717) is 0 Å². The Morgan fingerprint density at radius 3 is 1.23 bits per heavy atom. The molecule has 10 rings (SSSR count). The van der Waals surface area contributed by atoms with Gasteiger partial charge >= 0.3 is 0 Å². The predicted octanol–water partition coefficient (Wildman–Crippen LogP) is 15.3. The highest BCUT2D eigenvalue weighted by Crippen LogP contribution is 2.35. The molecule has 0 saturated carbocycles. The van der Waals surface area contributed by atoms with Crippen LogP contribution >= 0.6 is 11.6 Å². The zero-order valence-corrected chi connectivity index (χ0v) is 36.5. The molecule has 0 amide bonds. The molecule has 61 heavy (non-hydrogen) atoms. The lowest BCUT2D eigenvalue weighted by atomic mass is 10.0. The van der Waals surface area contributed by atoms with Crippen LogP contribution < -0.4 is 5.73 Å². The number of nitrogens with zero attached hydrogens (tertiary/aromatic N) is 2. The quantitative estimate of drug-likeness (QED) is 0.152. The van der Waals surface area contributed by atoms with Gasteiger partial charge in [-0.3, -0.25) is 0 Å². The molecule has 8 aromatic carbocycles. The summed E-state index contributed by atoms with van der Waals surface area (Å²) < 4.78 is 4.80. The van der Waals surface area contributed by atoms with Crippen LogP contribution in [-0.2, 0) is 32.1 Å². The molecule has 0 spiro atoms. The van der Waals surface area contributed by atoms with E-state index in [-0.39, 0.29) is 0 Å². The third-order valence-electron chi connectivity index (χ3n) is 11.6. The number of aryl methyl sites for hydroxylation is 4. The van der Waals surface area contributed by atoms with Crippen molar-refractivity contribution in [3.8, 4) is 11.4 Å². The van der Waals surface area contributed by atoms with E-state index < -0.39 is 0 Å². The SMILES string of the molecule is CCc1cc(CC)cc(-n2c3ccccc3c3ccc(Cc4ccccc4)cc32)c1.CCc1cc(CC)cc(-n2c3ccccc3c3ccc(Cl)cc32)c1.Nc1ccccc1. The van der Waals surface area contributed by atoms with Crippen molar-refractivity contribution in [3.63, 3.8) is 0 Å². The summed E-state index contributed by atoms with van der Waals surface area (Å²) in [5.74, 6) is 0. The summed E-state index contributed by atoms with van der Waals surface area (Å²) in [6.07, 6.45) is 5.14. The average molecular weight is 817 g/mol. The summed E-state index contributed by atoms with van der Waals surface area (Å²) >= 11 is 6.31. The Labute approximate surface area is 365 Å². The highest BCUT2D eigenvalue weighted by atomic mass is 35.5. The number of fused-ring (bicyclic) bond motifs is 6. The van der Waals surface area contributed by atoms with E-state index in [1.807, 2.05) is 36.4 Å². The van der Waals surface area contributed by atoms with Crippen LogP contribution in [0, 0.1) is 0 Å².